The predicted octanol–water partition coefficient (Wildman–Crippen LogP) is 4.23. The summed E-state index contributed by atoms with van der Waals surface area (Å²) in [6, 6.07) is 38.8. The van der Waals surface area contributed by atoms with Crippen molar-refractivity contribution in [1.82, 2.24) is 0 Å². The Bertz CT molecular complexity index is 1100. The first-order valence-electron chi connectivity index (χ1n) is 9.77. The Morgan fingerprint density at radius 3 is 1.20 bits per heavy atom. The average Bonchev–Trinajstić information content (AvgIpc) is 2.84. The summed E-state index contributed by atoms with van der Waals surface area (Å²) in [6.07, 6.45) is 0. The molecule has 0 aliphatic carbocycles. The van der Waals surface area contributed by atoms with Gasteiger partial charge in [-0.15, -0.1) is 0 Å². The zero-order valence-corrected chi connectivity index (χ0v) is 17.3. The molecule has 0 atom stereocenters. The van der Waals surface area contributed by atoms with Crippen LogP contribution in [0.15, 0.2) is 121 Å². The first-order valence-corrected chi connectivity index (χ1v) is 11.6. The van der Waals surface area contributed by atoms with Crippen LogP contribution in [0.1, 0.15) is 10.4 Å². The van der Waals surface area contributed by atoms with E-state index < -0.39 is 18.5 Å². The predicted molar refractivity (Wildman–Crippen MR) is 127 cm³/mol. The summed E-state index contributed by atoms with van der Waals surface area (Å²) in [5.74, 6) is 0.719. The number of hydrogen-bond donors (Lipinski definition) is 0. The molecule has 0 saturated heterocycles. The van der Waals surface area contributed by atoms with E-state index in [-0.39, 0.29) is 0 Å². The lowest BCUT2D eigenvalue weighted by Crippen LogP contribution is -2.30. The van der Waals surface area contributed by atoms with Crippen LogP contribution in [0.25, 0.3) is 0 Å². The molecule has 0 aliphatic heterocycles. The highest BCUT2D eigenvalue weighted by Gasteiger charge is 2.28. The molecular weight excluding hydrogens is 387 g/mol. The molecule has 4 aromatic carbocycles. The maximum absolute atomic E-state index is 13.3. The Hall–Kier alpha value is -3.48. The fourth-order valence-electron chi connectivity index (χ4n) is 3.63. The Morgan fingerprint density at radius 1 is 0.500 bits per heavy atom. The van der Waals surface area contributed by atoms with Gasteiger partial charge >= 0.3 is 0 Å². The molecule has 146 valence electrons. The number of Topliss-reactive ketones (excluding diaryl/α,β-unsaturated/α-hetero) is 2. The number of ketones is 2. The fraction of sp³-hybridized carbons (Fsp3) is 0. The zero-order chi connectivity index (χ0) is 20.8. The SMILES string of the molecule is O=C(C=P(c1ccccc1)(c1ccccc1)c1ccccc1)C(=O)c1ccccc1. The van der Waals surface area contributed by atoms with Gasteiger partial charge in [0.2, 0.25) is 11.6 Å². The van der Waals surface area contributed by atoms with Crippen molar-refractivity contribution in [3.63, 3.8) is 0 Å². The first kappa shape index (κ1) is 19.8. The van der Waals surface area contributed by atoms with Gasteiger partial charge in [0.25, 0.3) is 0 Å². The van der Waals surface area contributed by atoms with Crippen LogP contribution in [0, 0.1) is 0 Å². The molecule has 2 nitrogen and oxygen atoms in total. The smallest absolute Gasteiger partial charge is 0.232 e. The Morgan fingerprint density at radius 2 is 0.833 bits per heavy atom. The molecule has 4 rings (SSSR count). The summed E-state index contributed by atoms with van der Waals surface area (Å²) in [4.78, 5) is 26.3. The average molecular weight is 408 g/mol. The van der Waals surface area contributed by atoms with Gasteiger partial charge in [-0.3, -0.25) is 9.59 Å². The highest BCUT2D eigenvalue weighted by Crippen LogP contribution is 2.43. The van der Waals surface area contributed by atoms with Gasteiger partial charge in [-0.2, -0.15) is 0 Å². The van der Waals surface area contributed by atoms with Crippen molar-refractivity contribution in [2.45, 2.75) is 0 Å². The van der Waals surface area contributed by atoms with E-state index in [4.69, 9.17) is 0 Å². The number of rotatable bonds is 6. The summed E-state index contributed by atoms with van der Waals surface area (Å²) < 4.78 is 0. The van der Waals surface area contributed by atoms with Gasteiger partial charge in [-0.1, -0.05) is 121 Å². The second-order valence-corrected chi connectivity index (χ2v) is 10.2. The molecule has 4 aromatic rings. The van der Waals surface area contributed by atoms with Crippen LogP contribution >= 0.6 is 6.89 Å². The second-order valence-electron chi connectivity index (χ2n) is 6.92. The van der Waals surface area contributed by atoms with Crippen LogP contribution in [0.4, 0.5) is 0 Å². The van der Waals surface area contributed by atoms with Crippen molar-refractivity contribution in [1.29, 1.82) is 0 Å². The normalized spacial score (nSPS) is 10.9. The molecule has 3 heteroatoms. The molecule has 0 fully saturated rings. The minimum Gasteiger partial charge on any atom is -0.285 e. The topological polar surface area (TPSA) is 34.1 Å². The van der Waals surface area contributed by atoms with Gasteiger partial charge in [-0.05, 0) is 28.6 Å². The number of carbonyl (C=O) groups excluding carboxylic acids is 2. The van der Waals surface area contributed by atoms with Crippen LogP contribution in [0.5, 0.6) is 0 Å². The molecule has 0 radical (unpaired) electrons. The summed E-state index contributed by atoms with van der Waals surface area (Å²) in [7, 11) is 0. The van der Waals surface area contributed by atoms with Crippen LogP contribution < -0.4 is 15.9 Å². The number of benzene rings is 4. The Kier molecular flexibility index (Phi) is 5.88. The molecule has 0 aliphatic rings. The van der Waals surface area contributed by atoms with E-state index in [0.717, 1.165) is 15.9 Å². The third-order valence-electron chi connectivity index (χ3n) is 5.06. The van der Waals surface area contributed by atoms with E-state index in [1.54, 1.807) is 30.1 Å². The Labute approximate surface area is 176 Å². The monoisotopic (exact) mass is 408 g/mol. The highest BCUT2D eigenvalue weighted by molar-refractivity contribution is 7.95. The van der Waals surface area contributed by atoms with Gasteiger partial charge in [0.15, 0.2) is 0 Å². The van der Waals surface area contributed by atoms with E-state index >= 15 is 0 Å². The van der Waals surface area contributed by atoms with Crippen molar-refractivity contribution in [2.24, 2.45) is 0 Å². The van der Waals surface area contributed by atoms with E-state index in [9.17, 15) is 9.59 Å². The molecule has 0 unspecified atom stereocenters. The van der Waals surface area contributed by atoms with E-state index in [1.165, 1.54) is 0 Å². The molecule has 0 bridgehead atoms. The summed E-state index contributed by atoms with van der Waals surface area (Å²) in [5.41, 5.74) is 0.408. The lowest BCUT2D eigenvalue weighted by Gasteiger charge is -2.28. The minimum absolute atomic E-state index is 0.408. The Balaban J connectivity index is 2.01. The minimum atomic E-state index is -2.48. The van der Waals surface area contributed by atoms with Gasteiger partial charge in [0, 0.05) is 5.56 Å². The maximum Gasteiger partial charge on any atom is 0.232 e. The van der Waals surface area contributed by atoms with Crippen LogP contribution in [-0.4, -0.2) is 17.4 Å². The quantitative estimate of drug-likeness (QED) is 0.272. The third-order valence-corrected chi connectivity index (χ3v) is 9.02. The van der Waals surface area contributed by atoms with Crippen molar-refractivity contribution in [2.75, 3.05) is 0 Å². The largest absolute Gasteiger partial charge is 0.285 e. The van der Waals surface area contributed by atoms with Crippen LogP contribution in [-0.2, 0) is 4.79 Å². The van der Waals surface area contributed by atoms with Gasteiger partial charge in [-0.25, -0.2) is 0 Å². The highest BCUT2D eigenvalue weighted by atomic mass is 31.2. The molecule has 0 heterocycles. The zero-order valence-electron chi connectivity index (χ0n) is 16.4. The molecule has 0 spiro atoms. The summed E-state index contributed by atoms with van der Waals surface area (Å²) in [5, 5.41) is 3.12. The molecule has 30 heavy (non-hydrogen) atoms. The van der Waals surface area contributed by atoms with Crippen molar-refractivity contribution in [3.8, 4) is 0 Å². The second kappa shape index (κ2) is 8.90. The van der Waals surface area contributed by atoms with Crippen molar-refractivity contribution >= 4 is 40.2 Å². The molecule has 0 aromatic heterocycles. The summed E-state index contributed by atoms with van der Waals surface area (Å²) in [6.45, 7) is -2.48. The third kappa shape index (κ3) is 3.83. The van der Waals surface area contributed by atoms with Crippen molar-refractivity contribution < 1.29 is 9.59 Å². The van der Waals surface area contributed by atoms with Crippen molar-refractivity contribution in [3.05, 3.63) is 127 Å². The fourth-order valence-corrected chi connectivity index (χ4v) is 7.36. The van der Waals surface area contributed by atoms with Gasteiger partial charge < -0.3 is 0 Å². The van der Waals surface area contributed by atoms with Gasteiger partial charge in [0.05, 0.1) is 0 Å². The van der Waals surface area contributed by atoms with Crippen LogP contribution in [0.2, 0.25) is 0 Å². The first-order chi connectivity index (χ1) is 14.7. The van der Waals surface area contributed by atoms with E-state index in [0.29, 0.717) is 5.56 Å². The molecule has 0 amide bonds. The standard InChI is InChI=1S/C27H21O2P/c28-26(27(29)22-13-5-1-6-14-22)21-30(23-15-7-2-8-16-23,24-17-9-3-10-18-24)25-19-11-4-12-20-25/h1-21H. The molecular formula is C27H21O2P. The number of carbonyl (C=O) groups is 2. The maximum atomic E-state index is 13.3. The number of hydrogen-bond acceptors (Lipinski definition) is 2. The molecule has 0 saturated carbocycles. The lowest BCUT2D eigenvalue weighted by molar-refractivity contribution is -0.108. The van der Waals surface area contributed by atoms with Gasteiger partial charge in [0.1, 0.15) is 0 Å². The van der Waals surface area contributed by atoms with E-state index in [2.05, 4.69) is 0 Å². The lowest BCUT2D eigenvalue weighted by atomic mass is 10.1. The molecule has 0 N–H and O–H groups in total. The van der Waals surface area contributed by atoms with E-state index in [1.807, 2.05) is 97.1 Å². The summed E-state index contributed by atoms with van der Waals surface area (Å²) >= 11 is 0. The van der Waals surface area contributed by atoms with Crippen LogP contribution in [0.3, 0.4) is 0 Å².